The van der Waals surface area contributed by atoms with Gasteiger partial charge in [0.2, 0.25) is 0 Å². The first-order valence-electron chi connectivity index (χ1n) is 4.63. The molecule has 0 fully saturated rings. The molecule has 1 aromatic carbocycles. The minimum absolute atomic E-state index is 0.983. The van der Waals surface area contributed by atoms with Crippen LogP contribution < -0.4 is 0 Å². The maximum Gasteiger partial charge on any atom is 0.0681 e. The second-order valence-electron chi connectivity index (χ2n) is 3.35. The molecule has 0 saturated heterocycles. The highest BCUT2D eigenvalue weighted by Gasteiger charge is 2.05. The van der Waals surface area contributed by atoms with Crippen LogP contribution in [0.2, 0.25) is 0 Å². The van der Waals surface area contributed by atoms with Crippen molar-refractivity contribution in [2.45, 2.75) is 13.8 Å². The third-order valence-electron chi connectivity index (χ3n) is 2.28. The number of rotatable bonds is 1. The fourth-order valence-electron chi connectivity index (χ4n) is 1.64. The van der Waals surface area contributed by atoms with Crippen molar-refractivity contribution in [2.75, 3.05) is 0 Å². The molecule has 2 nitrogen and oxygen atoms in total. The Kier molecular flexibility index (Phi) is 2.27. The zero-order valence-corrected chi connectivity index (χ0v) is 8.36. The summed E-state index contributed by atoms with van der Waals surface area (Å²) in [6, 6.07) is 10.3. The van der Waals surface area contributed by atoms with E-state index >= 15 is 0 Å². The predicted molar refractivity (Wildman–Crippen MR) is 56.9 cm³/mol. The van der Waals surface area contributed by atoms with Gasteiger partial charge in [-0.3, -0.25) is 0 Å². The summed E-state index contributed by atoms with van der Waals surface area (Å²) >= 11 is 0. The molecule has 0 aliphatic carbocycles. The first kappa shape index (κ1) is 8.88. The van der Waals surface area contributed by atoms with E-state index in [9.17, 15) is 0 Å². The molecule has 70 valence electrons. The fraction of sp³-hybridized carbons (Fsp3) is 0.167. The molecule has 0 amide bonds. The summed E-state index contributed by atoms with van der Waals surface area (Å²) in [5.41, 5.74) is 4.55. The van der Waals surface area contributed by atoms with E-state index in [-0.39, 0.29) is 0 Å². The quantitative estimate of drug-likeness (QED) is 0.681. The smallest absolute Gasteiger partial charge is 0.0681 e. The van der Waals surface area contributed by atoms with Gasteiger partial charge in [0.05, 0.1) is 11.9 Å². The maximum atomic E-state index is 4.07. The molecule has 2 heteroatoms. The normalized spacial score (nSPS) is 10.1. The van der Waals surface area contributed by atoms with Gasteiger partial charge in [-0.2, -0.15) is 10.2 Å². The van der Waals surface area contributed by atoms with E-state index < -0.39 is 0 Å². The van der Waals surface area contributed by atoms with Gasteiger partial charge in [0.25, 0.3) is 0 Å². The highest BCUT2D eigenvalue weighted by molar-refractivity contribution is 5.68. The minimum Gasteiger partial charge on any atom is -0.159 e. The molecule has 0 saturated carbocycles. The summed E-state index contributed by atoms with van der Waals surface area (Å²) in [7, 11) is 0. The van der Waals surface area contributed by atoms with Crippen LogP contribution in [-0.2, 0) is 0 Å². The van der Waals surface area contributed by atoms with Crippen LogP contribution in [0.3, 0.4) is 0 Å². The van der Waals surface area contributed by atoms with E-state index in [1.165, 1.54) is 16.7 Å². The lowest BCUT2D eigenvalue weighted by molar-refractivity contribution is 0.970. The molecular weight excluding hydrogens is 172 g/mol. The average Bonchev–Trinajstić information content (AvgIpc) is 2.19. The fourth-order valence-corrected chi connectivity index (χ4v) is 1.64. The van der Waals surface area contributed by atoms with Gasteiger partial charge in [-0.1, -0.05) is 30.3 Å². The molecule has 0 N–H and O–H groups in total. The molecule has 0 radical (unpaired) electrons. The van der Waals surface area contributed by atoms with Crippen molar-refractivity contribution >= 4 is 0 Å². The van der Waals surface area contributed by atoms with Crippen LogP contribution in [0, 0.1) is 13.8 Å². The Morgan fingerprint density at radius 3 is 2.36 bits per heavy atom. The Bertz CT molecular complexity index is 415. The van der Waals surface area contributed by atoms with Crippen LogP contribution >= 0.6 is 0 Å². The predicted octanol–water partition coefficient (Wildman–Crippen LogP) is 2.76. The molecule has 0 aliphatic rings. The highest BCUT2D eigenvalue weighted by Crippen LogP contribution is 2.24. The Morgan fingerprint density at radius 2 is 1.71 bits per heavy atom. The van der Waals surface area contributed by atoms with E-state index in [0.29, 0.717) is 0 Å². The minimum atomic E-state index is 0.983. The van der Waals surface area contributed by atoms with Gasteiger partial charge in [0.1, 0.15) is 0 Å². The first-order valence-corrected chi connectivity index (χ1v) is 4.63. The Labute approximate surface area is 83.6 Å². The lowest BCUT2D eigenvalue weighted by Gasteiger charge is -2.07. The number of hydrogen-bond acceptors (Lipinski definition) is 2. The summed E-state index contributed by atoms with van der Waals surface area (Å²) < 4.78 is 0. The summed E-state index contributed by atoms with van der Waals surface area (Å²) in [6.07, 6.45) is 1.80. The zero-order valence-electron chi connectivity index (χ0n) is 8.36. The van der Waals surface area contributed by atoms with Crippen LogP contribution in [-0.4, -0.2) is 10.2 Å². The van der Waals surface area contributed by atoms with Gasteiger partial charge >= 0.3 is 0 Å². The molecule has 1 aromatic heterocycles. The highest BCUT2D eigenvalue weighted by atomic mass is 15.1. The van der Waals surface area contributed by atoms with Gasteiger partial charge in [0.15, 0.2) is 0 Å². The van der Waals surface area contributed by atoms with Crippen LogP contribution in [0.4, 0.5) is 0 Å². The molecule has 0 atom stereocenters. The maximum absolute atomic E-state index is 4.07. The van der Waals surface area contributed by atoms with Crippen LogP contribution in [0.15, 0.2) is 36.5 Å². The van der Waals surface area contributed by atoms with E-state index in [4.69, 9.17) is 0 Å². The van der Waals surface area contributed by atoms with Crippen molar-refractivity contribution < 1.29 is 0 Å². The van der Waals surface area contributed by atoms with Crippen LogP contribution in [0.25, 0.3) is 11.1 Å². The second kappa shape index (κ2) is 3.58. The third-order valence-corrected chi connectivity index (χ3v) is 2.28. The van der Waals surface area contributed by atoms with Gasteiger partial charge in [-0.05, 0) is 25.0 Å². The Hall–Kier alpha value is -1.70. The molecule has 14 heavy (non-hydrogen) atoms. The molecule has 0 bridgehead atoms. The molecule has 1 heterocycles. The number of benzene rings is 1. The average molecular weight is 184 g/mol. The zero-order chi connectivity index (χ0) is 9.97. The van der Waals surface area contributed by atoms with Crippen molar-refractivity contribution in [1.82, 2.24) is 10.2 Å². The molecule has 0 unspecified atom stereocenters. The number of aryl methyl sites for hydroxylation is 2. The van der Waals surface area contributed by atoms with Crippen LogP contribution in [0.5, 0.6) is 0 Å². The number of aromatic nitrogens is 2. The molecule has 0 aliphatic heterocycles. The second-order valence-corrected chi connectivity index (χ2v) is 3.35. The van der Waals surface area contributed by atoms with Crippen molar-refractivity contribution in [1.29, 1.82) is 0 Å². The largest absolute Gasteiger partial charge is 0.159 e. The Morgan fingerprint density at radius 1 is 1.00 bits per heavy atom. The molecular formula is C12H12N2. The lowest BCUT2D eigenvalue weighted by atomic mass is 10.0. The molecule has 2 aromatic rings. The van der Waals surface area contributed by atoms with E-state index in [1.807, 2.05) is 25.1 Å². The van der Waals surface area contributed by atoms with Crippen molar-refractivity contribution in [3.8, 4) is 11.1 Å². The summed E-state index contributed by atoms with van der Waals surface area (Å²) in [5.74, 6) is 0. The summed E-state index contributed by atoms with van der Waals surface area (Å²) in [5, 5.41) is 7.99. The van der Waals surface area contributed by atoms with E-state index in [1.54, 1.807) is 6.20 Å². The van der Waals surface area contributed by atoms with Gasteiger partial charge in [-0.25, -0.2) is 0 Å². The first-order chi connectivity index (χ1) is 6.79. The van der Waals surface area contributed by atoms with Gasteiger partial charge < -0.3 is 0 Å². The van der Waals surface area contributed by atoms with Crippen LogP contribution in [0.1, 0.15) is 11.3 Å². The van der Waals surface area contributed by atoms with Crippen molar-refractivity contribution in [3.63, 3.8) is 0 Å². The van der Waals surface area contributed by atoms with Crippen molar-refractivity contribution in [2.24, 2.45) is 0 Å². The van der Waals surface area contributed by atoms with Crippen molar-refractivity contribution in [3.05, 3.63) is 47.8 Å². The van der Waals surface area contributed by atoms with E-state index in [0.717, 1.165) is 5.69 Å². The number of nitrogens with zero attached hydrogens (tertiary/aromatic N) is 2. The molecule has 0 spiro atoms. The standard InChI is InChI=1S/C12H12N2/c1-9-8-13-14-10(2)12(9)11-6-4-3-5-7-11/h3-8H,1-2H3. The monoisotopic (exact) mass is 184 g/mol. The third kappa shape index (κ3) is 1.51. The summed E-state index contributed by atoms with van der Waals surface area (Å²) in [4.78, 5) is 0. The molecule has 2 rings (SSSR count). The summed E-state index contributed by atoms with van der Waals surface area (Å²) in [6.45, 7) is 4.05. The van der Waals surface area contributed by atoms with Gasteiger partial charge in [0, 0.05) is 5.56 Å². The topological polar surface area (TPSA) is 25.8 Å². The lowest BCUT2D eigenvalue weighted by Crippen LogP contribution is -1.93. The van der Waals surface area contributed by atoms with Gasteiger partial charge in [-0.15, -0.1) is 0 Å². The number of hydrogen-bond donors (Lipinski definition) is 0. The Balaban J connectivity index is 2.63. The van der Waals surface area contributed by atoms with E-state index in [2.05, 4.69) is 29.3 Å². The SMILES string of the molecule is Cc1cnnc(C)c1-c1ccccc1.